The number of benzene rings is 1. The van der Waals surface area contributed by atoms with Gasteiger partial charge in [0.05, 0.1) is 23.3 Å². The molecule has 3 aromatic rings. The van der Waals surface area contributed by atoms with Gasteiger partial charge in [0.1, 0.15) is 5.52 Å². The zero-order chi connectivity index (χ0) is 14.1. The molecule has 6 heteroatoms. The van der Waals surface area contributed by atoms with E-state index in [0.29, 0.717) is 12.1 Å². The summed E-state index contributed by atoms with van der Waals surface area (Å²) in [6.45, 7) is 2.50. The number of fused-ring (bicyclic) bond motifs is 1. The maximum absolute atomic E-state index is 10.9. The molecule has 0 saturated heterocycles. The van der Waals surface area contributed by atoms with Gasteiger partial charge in [0.25, 0.3) is 0 Å². The number of aryl methyl sites for hydroxylation is 1. The number of nitrogens with zero attached hydrogens (tertiary/aromatic N) is 4. The number of aromatic carboxylic acids is 1. The van der Waals surface area contributed by atoms with E-state index in [-0.39, 0.29) is 5.56 Å². The van der Waals surface area contributed by atoms with Gasteiger partial charge in [0.2, 0.25) is 0 Å². The first kappa shape index (κ1) is 12.3. The molecule has 0 aliphatic rings. The molecule has 1 N–H and O–H groups in total. The third kappa shape index (κ3) is 2.11. The second kappa shape index (κ2) is 4.73. The van der Waals surface area contributed by atoms with Crippen LogP contribution in [0.3, 0.4) is 0 Å². The summed E-state index contributed by atoms with van der Waals surface area (Å²) in [7, 11) is 0. The normalized spacial score (nSPS) is 10.8. The fraction of sp³-hybridized carbons (Fsp3) is 0.143. The smallest absolute Gasteiger partial charge is 0.335 e. The van der Waals surface area contributed by atoms with E-state index in [9.17, 15) is 4.79 Å². The molecule has 0 aliphatic carbocycles. The topological polar surface area (TPSA) is 80.9 Å². The van der Waals surface area contributed by atoms with Gasteiger partial charge in [-0.2, -0.15) is 0 Å². The minimum atomic E-state index is -0.970. The van der Waals surface area contributed by atoms with E-state index in [1.807, 2.05) is 19.1 Å². The van der Waals surface area contributed by atoms with Crippen molar-refractivity contribution in [3.63, 3.8) is 0 Å². The molecule has 0 bridgehead atoms. The minimum absolute atomic E-state index is 0.207. The Labute approximate surface area is 114 Å². The number of carboxylic acid groups (broad SMARTS) is 1. The number of carbonyl (C=O) groups is 1. The Bertz CT molecular complexity index is 795. The molecule has 0 aliphatic heterocycles. The first-order valence-corrected chi connectivity index (χ1v) is 6.12. The van der Waals surface area contributed by atoms with Crippen molar-refractivity contribution in [1.82, 2.24) is 20.0 Å². The largest absolute Gasteiger partial charge is 0.478 e. The Balaban J connectivity index is 2.01. The van der Waals surface area contributed by atoms with Crippen molar-refractivity contribution >= 4 is 17.0 Å². The van der Waals surface area contributed by atoms with Crippen LogP contribution in [0, 0.1) is 6.92 Å². The van der Waals surface area contributed by atoms with Gasteiger partial charge in [0.15, 0.2) is 0 Å². The lowest BCUT2D eigenvalue weighted by atomic mass is 10.2. The first-order valence-electron chi connectivity index (χ1n) is 6.12. The van der Waals surface area contributed by atoms with Crippen molar-refractivity contribution in [3.8, 4) is 0 Å². The van der Waals surface area contributed by atoms with Crippen LogP contribution in [-0.4, -0.2) is 31.1 Å². The highest BCUT2D eigenvalue weighted by atomic mass is 16.4. The van der Waals surface area contributed by atoms with E-state index in [0.717, 1.165) is 16.8 Å². The molecule has 20 heavy (non-hydrogen) atoms. The Hall–Kier alpha value is -2.76. The summed E-state index contributed by atoms with van der Waals surface area (Å²) in [4.78, 5) is 15.2. The van der Waals surface area contributed by atoms with Crippen LogP contribution in [-0.2, 0) is 6.54 Å². The van der Waals surface area contributed by atoms with Crippen LogP contribution < -0.4 is 0 Å². The predicted molar refractivity (Wildman–Crippen MR) is 72.6 cm³/mol. The fourth-order valence-electron chi connectivity index (χ4n) is 2.05. The maximum atomic E-state index is 10.9. The molecular formula is C14H12N4O2. The van der Waals surface area contributed by atoms with Crippen LogP contribution in [0.25, 0.3) is 11.0 Å². The molecule has 0 fully saturated rings. The lowest BCUT2D eigenvalue weighted by molar-refractivity contribution is 0.0697. The van der Waals surface area contributed by atoms with Crippen molar-refractivity contribution in [2.24, 2.45) is 0 Å². The summed E-state index contributed by atoms with van der Waals surface area (Å²) in [5.74, 6) is -0.970. The van der Waals surface area contributed by atoms with Crippen LogP contribution in [0.1, 0.15) is 21.6 Å². The van der Waals surface area contributed by atoms with Gasteiger partial charge in [-0.25, -0.2) is 9.48 Å². The van der Waals surface area contributed by atoms with Crippen molar-refractivity contribution in [1.29, 1.82) is 0 Å². The van der Waals surface area contributed by atoms with E-state index in [1.165, 1.54) is 6.07 Å². The van der Waals surface area contributed by atoms with E-state index in [2.05, 4.69) is 15.3 Å². The lowest BCUT2D eigenvalue weighted by Gasteiger charge is -2.04. The van der Waals surface area contributed by atoms with Crippen LogP contribution in [0.5, 0.6) is 0 Å². The molecule has 2 heterocycles. The molecule has 3 rings (SSSR count). The van der Waals surface area contributed by atoms with E-state index in [4.69, 9.17) is 5.11 Å². The zero-order valence-electron chi connectivity index (χ0n) is 10.8. The zero-order valence-corrected chi connectivity index (χ0v) is 10.8. The highest BCUT2D eigenvalue weighted by Crippen LogP contribution is 2.15. The highest BCUT2D eigenvalue weighted by Gasteiger charge is 2.10. The maximum Gasteiger partial charge on any atom is 0.335 e. The summed E-state index contributed by atoms with van der Waals surface area (Å²) < 4.78 is 1.72. The molecule has 0 atom stereocenters. The average molecular weight is 268 g/mol. The van der Waals surface area contributed by atoms with E-state index >= 15 is 0 Å². The molecule has 6 nitrogen and oxygen atoms in total. The summed E-state index contributed by atoms with van der Waals surface area (Å²) in [5.41, 5.74) is 3.57. The summed E-state index contributed by atoms with van der Waals surface area (Å²) in [6, 6.07) is 8.67. The fourth-order valence-corrected chi connectivity index (χ4v) is 2.05. The SMILES string of the molecule is Cc1cccnc1Cn1nnc2cc(C(=O)O)ccc21. The second-order valence-electron chi connectivity index (χ2n) is 4.52. The lowest BCUT2D eigenvalue weighted by Crippen LogP contribution is -2.05. The quantitative estimate of drug-likeness (QED) is 0.784. The number of hydrogen-bond acceptors (Lipinski definition) is 4. The molecule has 1 aromatic carbocycles. The van der Waals surface area contributed by atoms with Crippen LogP contribution in [0.15, 0.2) is 36.5 Å². The monoisotopic (exact) mass is 268 g/mol. The molecule has 0 saturated carbocycles. The van der Waals surface area contributed by atoms with Gasteiger partial charge in [-0.3, -0.25) is 4.98 Å². The summed E-state index contributed by atoms with van der Waals surface area (Å²) in [6.07, 6.45) is 1.74. The Morgan fingerprint density at radius 1 is 1.35 bits per heavy atom. The number of rotatable bonds is 3. The van der Waals surface area contributed by atoms with Gasteiger partial charge in [-0.15, -0.1) is 5.10 Å². The summed E-state index contributed by atoms with van der Waals surface area (Å²) in [5, 5.41) is 17.0. The number of pyridine rings is 1. The standard InChI is InChI=1S/C14H12N4O2/c1-9-3-2-6-15-12(9)8-18-13-5-4-10(14(19)20)7-11(13)16-17-18/h2-7H,8H2,1H3,(H,19,20). The molecular weight excluding hydrogens is 256 g/mol. The van der Waals surface area contributed by atoms with Crippen LogP contribution >= 0.6 is 0 Å². The Morgan fingerprint density at radius 3 is 2.95 bits per heavy atom. The second-order valence-corrected chi connectivity index (χ2v) is 4.52. The Kier molecular flexibility index (Phi) is 2.90. The number of aromatic nitrogens is 4. The molecule has 2 aromatic heterocycles. The van der Waals surface area contributed by atoms with Gasteiger partial charge in [-0.05, 0) is 36.8 Å². The first-order chi connectivity index (χ1) is 9.65. The third-order valence-electron chi connectivity index (χ3n) is 3.18. The Morgan fingerprint density at radius 2 is 2.20 bits per heavy atom. The van der Waals surface area contributed by atoms with Crippen LogP contribution in [0.2, 0.25) is 0 Å². The third-order valence-corrected chi connectivity index (χ3v) is 3.18. The molecule has 100 valence electrons. The van der Waals surface area contributed by atoms with Crippen molar-refractivity contribution in [2.45, 2.75) is 13.5 Å². The average Bonchev–Trinajstić information content (AvgIpc) is 2.84. The number of hydrogen-bond donors (Lipinski definition) is 1. The van der Waals surface area contributed by atoms with Crippen LogP contribution in [0.4, 0.5) is 0 Å². The van der Waals surface area contributed by atoms with Crippen molar-refractivity contribution in [2.75, 3.05) is 0 Å². The molecule has 0 unspecified atom stereocenters. The van der Waals surface area contributed by atoms with E-state index in [1.54, 1.807) is 23.0 Å². The van der Waals surface area contributed by atoms with Gasteiger partial charge < -0.3 is 5.11 Å². The summed E-state index contributed by atoms with van der Waals surface area (Å²) >= 11 is 0. The molecule has 0 spiro atoms. The van der Waals surface area contributed by atoms with Crippen molar-refractivity contribution in [3.05, 3.63) is 53.3 Å². The predicted octanol–water partition coefficient (Wildman–Crippen LogP) is 1.88. The number of carboxylic acids is 1. The van der Waals surface area contributed by atoms with Gasteiger partial charge in [-0.1, -0.05) is 11.3 Å². The molecule has 0 radical (unpaired) electrons. The minimum Gasteiger partial charge on any atom is -0.478 e. The highest BCUT2D eigenvalue weighted by molar-refractivity contribution is 5.92. The van der Waals surface area contributed by atoms with Gasteiger partial charge >= 0.3 is 5.97 Å². The molecule has 0 amide bonds. The van der Waals surface area contributed by atoms with E-state index < -0.39 is 5.97 Å². The van der Waals surface area contributed by atoms with Crippen molar-refractivity contribution < 1.29 is 9.90 Å². The van der Waals surface area contributed by atoms with Gasteiger partial charge in [0, 0.05) is 6.20 Å².